The van der Waals surface area contributed by atoms with Crippen molar-refractivity contribution >= 4 is 23.3 Å². The molecule has 1 N–H and O–H groups in total. The van der Waals surface area contributed by atoms with E-state index in [1.54, 1.807) is 11.8 Å². The molecule has 1 aliphatic carbocycles. The van der Waals surface area contributed by atoms with E-state index in [9.17, 15) is 14.9 Å². The number of nitro groups is 1. The molecule has 29 heavy (non-hydrogen) atoms. The van der Waals surface area contributed by atoms with E-state index in [2.05, 4.69) is 21.4 Å². The molecule has 2 aliphatic rings. The molecule has 0 bridgehead atoms. The Kier molecular flexibility index (Phi) is 7.37. The fourth-order valence-electron chi connectivity index (χ4n) is 3.99. The number of anilines is 2. The fourth-order valence-corrected chi connectivity index (χ4v) is 3.99. The van der Waals surface area contributed by atoms with Crippen LogP contribution in [0.5, 0.6) is 0 Å². The van der Waals surface area contributed by atoms with Gasteiger partial charge in [0.15, 0.2) is 0 Å². The normalized spacial score (nSPS) is 19.4. The molecule has 0 amide bonds. The number of piperidine rings is 1. The first-order valence-corrected chi connectivity index (χ1v) is 10.4. The first-order chi connectivity index (χ1) is 14.1. The van der Waals surface area contributed by atoms with E-state index < -0.39 is 4.92 Å². The van der Waals surface area contributed by atoms with Crippen molar-refractivity contribution in [1.29, 1.82) is 0 Å². The summed E-state index contributed by atoms with van der Waals surface area (Å²) in [5, 5.41) is 14.9. The summed E-state index contributed by atoms with van der Waals surface area (Å²) in [5.41, 5.74) is 1.27. The summed E-state index contributed by atoms with van der Waals surface area (Å²) in [5.74, 6) is -0.0611. The molecule has 158 valence electrons. The number of rotatable bonds is 8. The van der Waals surface area contributed by atoms with Crippen molar-refractivity contribution in [2.24, 2.45) is 5.92 Å². The summed E-state index contributed by atoms with van der Waals surface area (Å²) in [4.78, 5) is 33.6. The Bertz CT molecular complexity index is 767. The molecule has 9 heteroatoms. The first-order valence-electron chi connectivity index (χ1n) is 10.4. The molecule has 0 radical (unpaired) electrons. The molecule has 3 rings (SSSR count). The van der Waals surface area contributed by atoms with Crippen LogP contribution in [0.15, 0.2) is 18.0 Å². The lowest BCUT2D eigenvalue weighted by Gasteiger charge is -2.32. The first kappa shape index (κ1) is 21.0. The third-order valence-corrected chi connectivity index (χ3v) is 5.45. The van der Waals surface area contributed by atoms with E-state index in [1.165, 1.54) is 24.7 Å². The molecule has 2 heterocycles. The molecule has 9 nitrogen and oxygen atoms in total. The summed E-state index contributed by atoms with van der Waals surface area (Å²) < 4.78 is 5.13. The van der Waals surface area contributed by atoms with Gasteiger partial charge in [-0.05, 0) is 51.9 Å². The Morgan fingerprint density at radius 3 is 2.97 bits per heavy atom. The minimum absolute atomic E-state index is 0.130. The van der Waals surface area contributed by atoms with Gasteiger partial charge in [-0.1, -0.05) is 11.6 Å². The highest BCUT2D eigenvalue weighted by atomic mass is 16.6. The van der Waals surface area contributed by atoms with Crippen LogP contribution in [-0.2, 0) is 9.53 Å². The molecule has 1 aliphatic heterocycles. The minimum atomic E-state index is -0.439. The predicted octanol–water partition coefficient (Wildman–Crippen LogP) is 3.47. The van der Waals surface area contributed by atoms with Crippen molar-refractivity contribution < 1.29 is 14.5 Å². The molecular weight excluding hydrogens is 374 g/mol. The number of esters is 1. The number of nitrogens with one attached hydrogen (secondary N) is 1. The Morgan fingerprint density at radius 1 is 1.38 bits per heavy atom. The lowest BCUT2D eigenvalue weighted by molar-refractivity contribution is -0.383. The summed E-state index contributed by atoms with van der Waals surface area (Å²) in [6.45, 7) is 3.67. The van der Waals surface area contributed by atoms with Crippen molar-refractivity contribution in [2.75, 3.05) is 36.5 Å². The third kappa shape index (κ3) is 5.42. The van der Waals surface area contributed by atoms with Gasteiger partial charge in [-0.3, -0.25) is 14.9 Å². The topological polar surface area (TPSA) is 110 Å². The number of carbonyl (C=O) groups is 1. The number of nitrogens with zero attached hydrogens (tertiary/aromatic N) is 4. The molecule has 1 aromatic rings. The molecular formula is C20H29N5O4. The van der Waals surface area contributed by atoms with E-state index in [-0.39, 0.29) is 29.2 Å². The second-order valence-electron chi connectivity index (χ2n) is 7.47. The van der Waals surface area contributed by atoms with Gasteiger partial charge in [-0.2, -0.15) is 0 Å². The number of aromatic nitrogens is 2. The SMILES string of the molecule is CCOC(=O)C1CCCN(c2ncnc(NCCC3=CCCCC3)c2[N+](=O)[O-])C1. The smallest absolute Gasteiger partial charge is 0.353 e. The molecule has 1 unspecified atom stereocenters. The number of ether oxygens (including phenoxy) is 1. The minimum Gasteiger partial charge on any atom is -0.466 e. The van der Waals surface area contributed by atoms with Gasteiger partial charge in [-0.25, -0.2) is 9.97 Å². The fraction of sp³-hybridized carbons (Fsp3) is 0.650. The van der Waals surface area contributed by atoms with Gasteiger partial charge in [0.1, 0.15) is 6.33 Å². The molecule has 0 spiro atoms. The van der Waals surface area contributed by atoms with E-state index in [0.717, 1.165) is 25.7 Å². The van der Waals surface area contributed by atoms with E-state index in [0.29, 0.717) is 32.7 Å². The quantitative estimate of drug-likeness (QED) is 0.304. The summed E-state index contributed by atoms with van der Waals surface area (Å²) >= 11 is 0. The van der Waals surface area contributed by atoms with Crippen molar-refractivity contribution in [3.05, 3.63) is 28.1 Å². The maximum atomic E-state index is 12.1. The number of hydrogen-bond acceptors (Lipinski definition) is 8. The van der Waals surface area contributed by atoms with Crippen molar-refractivity contribution in [3.63, 3.8) is 0 Å². The highest BCUT2D eigenvalue weighted by molar-refractivity contribution is 5.75. The van der Waals surface area contributed by atoms with Crippen LogP contribution in [0.3, 0.4) is 0 Å². The molecule has 1 saturated heterocycles. The largest absolute Gasteiger partial charge is 0.466 e. The van der Waals surface area contributed by atoms with Crippen LogP contribution >= 0.6 is 0 Å². The average molecular weight is 403 g/mol. The van der Waals surface area contributed by atoms with Crippen molar-refractivity contribution in [2.45, 2.75) is 51.9 Å². The van der Waals surface area contributed by atoms with Gasteiger partial charge < -0.3 is 15.0 Å². The van der Waals surface area contributed by atoms with Gasteiger partial charge in [0.05, 0.1) is 17.4 Å². The number of hydrogen-bond donors (Lipinski definition) is 1. The summed E-state index contributed by atoms with van der Waals surface area (Å²) in [6.07, 6.45) is 10.6. The lowest BCUT2D eigenvalue weighted by Crippen LogP contribution is -2.40. The highest BCUT2D eigenvalue weighted by Gasteiger charge is 2.33. The maximum Gasteiger partial charge on any atom is 0.353 e. The van der Waals surface area contributed by atoms with Crippen LogP contribution in [0.1, 0.15) is 51.9 Å². The zero-order valence-electron chi connectivity index (χ0n) is 16.9. The number of allylic oxidation sites excluding steroid dienone is 1. The average Bonchev–Trinajstić information content (AvgIpc) is 2.74. The third-order valence-electron chi connectivity index (χ3n) is 5.45. The van der Waals surface area contributed by atoms with Crippen LogP contribution in [0.4, 0.5) is 17.3 Å². The second kappa shape index (κ2) is 10.2. The Balaban J connectivity index is 1.73. The van der Waals surface area contributed by atoms with Gasteiger partial charge in [-0.15, -0.1) is 0 Å². The Morgan fingerprint density at radius 2 is 2.24 bits per heavy atom. The van der Waals surface area contributed by atoms with Crippen LogP contribution in [0.2, 0.25) is 0 Å². The Labute approximate surface area is 170 Å². The van der Waals surface area contributed by atoms with Crippen LogP contribution in [-0.4, -0.2) is 47.1 Å². The summed E-state index contributed by atoms with van der Waals surface area (Å²) in [6, 6.07) is 0. The lowest BCUT2D eigenvalue weighted by atomic mass is 9.97. The zero-order valence-corrected chi connectivity index (χ0v) is 16.9. The zero-order chi connectivity index (χ0) is 20.6. The van der Waals surface area contributed by atoms with Crippen molar-refractivity contribution in [3.8, 4) is 0 Å². The Hall–Kier alpha value is -2.71. The van der Waals surface area contributed by atoms with E-state index in [4.69, 9.17) is 4.74 Å². The van der Waals surface area contributed by atoms with Crippen molar-refractivity contribution in [1.82, 2.24) is 9.97 Å². The van der Waals surface area contributed by atoms with E-state index in [1.807, 2.05) is 0 Å². The molecule has 1 atom stereocenters. The van der Waals surface area contributed by atoms with Gasteiger partial charge in [0, 0.05) is 19.6 Å². The molecule has 0 saturated carbocycles. The van der Waals surface area contributed by atoms with Gasteiger partial charge in [0.25, 0.3) is 0 Å². The van der Waals surface area contributed by atoms with Crippen LogP contribution in [0.25, 0.3) is 0 Å². The van der Waals surface area contributed by atoms with E-state index >= 15 is 0 Å². The highest BCUT2D eigenvalue weighted by Crippen LogP contribution is 2.34. The monoisotopic (exact) mass is 403 g/mol. The standard InChI is InChI=1S/C20H29N5O4/c1-2-29-20(26)16-9-6-12-24(13-16)19-17(25(27)28)18(22-14-23-19)21-11-10-15-7-4-3-5-8-15/h7,14,16H,2-6,8-13H2,1H3,(H,21,22,23). The predicted molar refractivity (Wildman–Crippen MR) is 110 cm³/mol. The van der Waals surface area contributed by atoms with Gasteiger partial charge >= 0.3 is 11.7 Å². The number of carbonyl (C=O) groups excluding carboxylic acids is 1. The van der Waals surface area contributed by atoms with Crippen LogP contribution in [0, 0.1) is 16.0 Å². The second-order valence-corrected chi connectivity index (χ2v) is 7.47. The molecule has 1 aromatic heterocycles. The van der Waals surface area contributed by atoms with Gasteiger partial charge in [0.2, 0.25) is 11.6 Å². The molecule has 0 aromatic carbocycles. The molecule has 1 fully saturated rings. The van der Waals surface area contributed by atoms with Crippen LogP contribution < -0.4 is 10.2 Å². The summed E-state index contributed by atoms with van der Waals surface area (Å²) in [7, 11) is 0. The maximum absolute atomic E-state index is 12.1.